The summed E-state index contributed by atoms with van der Waals surface area (Å²) in [7, 11) is 0. The first-order chi connectivity index (χ1) is 6.61. The fourth-order valence-corrected chi connectivity index (χ4v) is 1.60. The van der Waals surface area contributed by atoms with E-state index in [-0.39, 0.29) is 24.1 Å². The minimum Gasteiger partial charge on any atom is -0.481 e. The van der Waals surface area contributed by atoms with Crippen molar-refractivity contribution in [1.82, 2.24) is 4.90 Å². The third-order valence-electron chi connectivity index (χ3n) is 1.59. The highest BCUT2D eigenvalue weighted by atomic mass is 32.2. The number of carboxylic acid groups (broad SMARTS) is 1. The molecule has 0 aromatic carbocycles. The maximum absolute atomic E-state index is 11.0. The zero-order valence-electron chi connectivity index (χ0n) is 7.30. The summed E-state index contributed by atoms with van der Waals surface area (Å²) >= 11 is 1.18. The van der Waals surface area contributed by atoms with Gasteiger partial charge in [-0.15, -0.1) is 11.8 Å². The Bertz CT molecular complexity index is 282. The third-order valence-corrected chi connectivity index (χ3v) is 2.51. The Balaban J connectivity index is 2.22. The molecule has 0 aliphatic carbocycles. The number of hydrogen-bond acceptors (Lipinski definition) is 4. The number of amides is 2. The first kappa shape index (κ1) is 10.8. The van der Waals surface area contributed by atoms with Crippen LogP contribution in [-0.4, -0.2) is 45.8 Å². The summed E-state index contributed by atoms with van der Waals surface area (Å²) in [6, 6.07) is 0. The van der Waals surface area contributed by atoms with Gasteiger partial charge in [-0.25, -0.2) is 0 Å². The molecule has 0 bridgehead atoms. The second-order valence-electron chi connectivity index (χ2n) is 2.61. The molecule has 1 N–H and O–H groups in total. The van der Waals surface area contributed by atoms with Crippen molar-refractivity contribution in [2.75, 3.05) is 18.1 Å². The van der Waals surface area contributed by atoms with E-state index in [0.717, 1.165) is 4.90 Å². The molecule has 0 saturated heterocycles. The molecule has 2 amide bonds. The van der Waals surface area contributed by atoms with Crippen LogP contribution in [0.3, 0.4) is 0 Å². The second-order valence-corrected chi connectivity index (χ2v) is 3.71. The molecule has 76 valence electrons. The molecule has 1 rings (SSSR count). The summed E-state index contributed by atoms with van der Waals surface area (Å²) in [4.78, 5) is 33.2. The summed E-state index contributed by atoms with van der Waals surface area (Å²) in [6.45, 7) is 0.266. The zero-order valence-corrected chi connectivity index (χ0v) is 8.12. The monoisotopic (exact) mass is 215 g/mol. The molecule has 0 radical (unpaired) electrons. The number of carbonyl (C=O) groups excluding carboxylic acids is 2. The minimum absolute atomic E-state index is 0.0103. The van der Waals surface area contributed by atoms with Crippen LogP contribution in [0, 0.1) is 0 Å². The lowest BCUT2D eigenvalue weighted by Gasteiger charge is -2.12. The van der Waals surface area contributed by atoms with Crippen molar-refractivity contribution in [2.24, 2.45) is 0 Å². The first-order valence-corrected chi connectivity index (χ1v) is 5.10. The van der Waals surface area contributed by atoms with Crippen molar-refractivity contribution >= 4 is 29.5 Å². The van der Waals surface area contributed by atoms with Crippen molar-refractivity contribution in [3.8, 4) is 0 Å². The molecule has 0 spiro atoms. The topological polar surface area (TPSA) is 74.7 Å². The Morgan fingerprint density at radius 3 is 2.43 bits per heavy atom. The number of imide groups is 1. The number of carboxylic acids is 1. The van der Waals surface area contributed by atoms with Crippen LogP contribution in [0.4, 0.5) is 0 Å². The van der Waals surface area contributed by atoms with Gasteiger partial charge in [-0.2, -0.15) is 0 Å². The van der Waals surface area contributed by atoms with Gasteiger partial charge in [0.05, 0.1) is 5.75 Å². The van der Waals surface area contributed by atoms with Gasteiger partial charge in [0, 0.05) is 24.4 Å². The molecule has 5 nitrogen and oxygen atoms in total. The molecule has 0 saturated carbocycles. The molecule has 0 unspecified atom stereocenters. The van der Waals surface area contributed by atoms with Gasteiger partial charge in [0.1, 0.15) is 0 Å². The van der Waals surface area contributed by atoms with Gasteiger partial charge < -0.3 is 5.11 Å². The molecule has 1 aliphatic rings. The highest BCUT2D eigenvalue weighted by Crippen LogP contribution is 2.06. The average Bonchev–Trinajstić information content (AvgIpc) is 2.42. The van der Waals surface area contributed by atoms with E-state index in [0.29, 0.717) is 5.75 Å². The zero-order chi connectivity index (χ0) is 10.6. The summed E-state index contributed by atoms with van der Waals surface area (Å²) in [5.74, 6) is -1.11. The number of hydrogen-bond donors (Lipinski definition) is 1. The van der Waals surface area contributed by atoms with Crippen LogP contribution in [0.5, 0.6) is 0 Å². The first-order valence-electron chi connectivity index (χ1n) is 3.94. The number of aliphatic carboxylic acids is 1. The summed E-state index contributed by atoms with van der Waals surface area (Å²) in [5, 5.41) is 8.33. The third kappa shape index (κ3) is 2.88. The van der Waals surface area contributed by atoms with Gasteiger partial charge >= 0.3 is 5.97 Å². The highest BCUT2D eigenvalue weighted by Gasteiger charge is 2.22. The van der Waals surface area contributed by atoms with Crippen molar-refractivity contribution in [2.45, 2.75) is 0 Å². The molecule has 1 heterocycles. The van der Waals surface area contributed by atoms with Crippen LogP contribution >= 0.6 is 11.8 Å². The standard InChI is InChI=1S/C8H9NO4S/c10-6-1-2-7(11)9(6)3-4-14-5-8(12)13/h1-2H,3-5H2,(H,12,13). The van der Waals surface area contributed by atoms with Gasteiger partial charge in [0.2, 0.25) is 0 Å². The van der Waals surface area contributed by atoms with Crippen LogP contribution in [0.2, 0.25) is 0 Å². The predicted molar refractivity (Wildman–Crippen MR) is 50.8 cm³/mol. The van der Waals surface area contributed by atoms with Crippen molar-refractivity contribution in [3.63, 3.8) is 0 Å². The van der Waals surface area contributed by atoms with Gasteiger partial charge in [-0.3, -0.25) is 19.3 Å². The van der Waals surface area contributed by atoms with E-state index < -0.39 is 5.97 Å². The molecule has 0 aromatic rings. The highest BCUT2D eigenvalue weighted by molar-refractivity contribution is 7.99. The summed E-state index contributed by atoms with van der Waals surface area (Å²) < 4.78 is 0. The van der Waals surface area contributed by atoms with Crippen molar-refractivity contribution in [1.29, 1.82) is 0 Å². The van der Waals surface area contributed by atoms with Crippen molar-refractivity contribution < 1.29 is 19.5 Å². The fourth-order valence-electron chi connectivity index (χ4n) is 0.967. The van der Waals surface area contributed by atoms with Crippen LogP contribution in [-0.2, 0) is 14.4 Å². The van der Waals surface area contributed by atoms with Crippen LogP contribution in [0.25, 0.3) is 0 Å². The number of carbonyl (C=O) groups is 3. The fraction of sp³-hybridized carbons (Fsp3) is 0.375. The predicted octanol–water partition coefficient (Wildman–Crippen LogP) is -0.271. The van der Waals surface area contributed by atoms with Gasteiger partial charge in [-0.1, -0.05) is 0 Å². The molecule has 1 aliphatic heterocycles. The largest absolute Gasteiger partial charge is 0.481 e. The number of rotatable bonds is 5. The van der Waals surface area contributed by atoms with E-state index in [1.165, 1.54) is 23.9 Å². The Hall–Kier alpha value is -1.30. The van der Waals surface area contributed by atoms with E-state index in [2.05, 4.69) is 0 Å². The molecular formula is C8H9NO4S. The van der Waals surface area contributed by atoms with E-state index in [4.69, 9.17) is 5.11 Å². The van der Waals surface area contributed by atoms with E-state index >= 15 is 0 Å². The Morgan fingerprint density at radius 2 is 1.93 bits per heavy atom. The van der Waals surface area contributed by atoms with E-state index in [9.17, 15) is 14.4 Å². The quantitative estimate of drug-likeness (QED) is 0.504. The smallest absolute Gasteiger partial charge is 0.313 e. The van der Waals surface area contributed by atoms with Crippen LogP contribution in [0.1, 0.15) is 0 Å². The van der Waals surface area contributed by atoms with Crippen LogP contribution < -0.4 is 0 Å². The summed E-state index contributed by atoms with van der Waals surface area (Å²) in [6.07, 6.45) is 2.42. The van der Waals surface area contributed by atoms with Crippen molar-refractivity contribution in [3.05, 3.63) is 12.2 Å². The lowest BCUT2D eigenvalue weighted by molar-refractivity contribution is -0.136. The van der Waals surface area contributed by atoms with Gasteiger partial charge in [-0.05, 0) is 0 Å². The Kier molecular flexibility index (Phi) is 3.70. The van der Waals surface area contributed by atoms with E-state index in [1.807, 2.05) is 0 Å². The van der Waals surface area contributed by atoms with Gasteiger partial charge in [0.15, 0.2) is 0 Å². The van der Waals surface area contributed by atoms with E-state index in [1.54, 1.807) is 0 Å². The van der Waals surface area contributed by atoms with Gasteiger partial charge in [0.25, 0.3) is 11.8 Å². The normalized spacial score (nSPS) is 15.3. The molecule has 0 aromatic heterocycles. The lowest BCUT2D eigenvalue weighted by atomic mass is 10.5. The average molecular weight is 215 g/mol. The number of thioether (sulfide) groups is 1. The molecule has 0 atom stereocenters. The Labute approximate surface area is 84.8 Å². The maximum atomic E-state index is 11.0. The second kappa shape index (κ2) is 4.80. The molecule has 6 heteroatoms. The minimum atomic E-state index is -0.896. The SMILES string of the molecule is O=C(O)CSCCN1C(=O)C=CC1=O. The summed E-state index contributed by atoms with van der Waals surface area (Å²) in [5.41, 5.74) is 0. The molecule has 0 fully saturated rings. The lowest BCUT2D eigenvalue weighted by Crippen LogP contribution is -2.32. The maximum Gasteiger partial charge on any atom is 0.313 e. The Morgan fingerprint density at radius 1 is 1.36 bits per heavy atom. The molecular weight excluding hydrogens is 206 g/mol. The molecule has 14 heavy (non-hydrogen) atoms. The van der Waals surface area contributed by atoms with Crippen LogP contribution in [0.15, 0.2) is 12.2 Å². The number of nitrogens with zero attached hydrogens (tertiary/aromatic N) is 1.